The van der Waals surface area contributed by atoms with Gasteiger partial charge in [0.2, 0.25) is 11.9 Å². The molecule has 0 aliphatic rings. The largest absolute Gasteiger partial charge is 0.368 e. The molecule has 0 atom stereocenters. The first-order valence-corrected chi connectivity index (χ1v) is 8.97. The van der Waals surface area contributed by atoms with Crippen molar-refractivity contribution in [3.8, 4) is 0 Å². The zero-order valence-electron chi connectivity index (χ0n) is 14.4. The number of hydrogen-bond donors (Lipinski definition) is 1. The van der Waals surface area contributed by atoms with E-state index in [4.69, 9.17) is 5.73 Å². The lowest BCUT2D eigenvalue weighted by molar-refractivity contribution is -0.127. The Morgan fingerprint density at radius 1 is 1.15 bits per heavy atom. The quantitative estimate of drug-likeness (QED) is 0.679. The highest BCUT2D eigenvalue weighted by atomic mass is 32.1. The predicted octanol–water partition coefficient (Wildman–Crippen LogP) is 3.07. The number of carbonyl (C=O) groups excluding carboxylic acids is 1. The van der Waals surface area contributed by atoms with E-state index in [-0.39, 0.29) is 11.9 Å². The van der Waals surface area contributed by atoms with E-state index < -0.39 is 0 Å². The number of benzene rings is 1. The van der Waals surface area contributed by atoms with Gasteiger partial charge in [0.25, 0.3) is 0 Å². The van der Waals surface area contributed by atoms with Gasteiger partial charge in [-0.25, -0.2) is 15.0 Å². The van der Waals surface area contributed by atoms with Crippen LogP contribution in [0.2, 0.25) is 0 Å². The van der Waals surface area contributed by atoms with Gasteiger partial charge in [-0.3, -0.25) is 4.79 Å². The second-order valence-electron chi connectivity index (χ2n) is 5.75. The molecule has 0 fully saturated rings. The number of nitrogens with zero attached hydrogens (tertiary/aromatic N) is 4. The highest BCUT2D eigenvalue weighted by Crippen LogP contribution is 2.17. The highest BCUT2D eigenvalue weighted by molar-refractivity contribution is 7.09. The van der Waals surface area contributed by atoms with Crippen LogP contribution in [0.3, 0.4) is 0 Å². The lowest BCUT2D eigenvalue weighted by Gasteiger charge is -2.21. The van der Waals surface area contributed by atoms with Crippen molar-refractivity contribution in [2.75, 3.05) is 5.73 Å². The van der Waals surface area contributed by atoms with E-state index in [0.717, 1.165) is 21.7 Å². The number of nitrogens with two attached hydrogens (primary N) is 1. The number of aromatic nitrogens is 3. The van der Waals surface area contributed by atoms with Gasteiger partial charge in [0.15, 0.2) is 0 Å². The molecule has 7 heteroatoms. The van der Waals surface area contributed by atoms with Gasteiger partial charge < -0.3 is 10.6 Å². The van der Waals surface area contributed by atoms with Gasteiger partial charge in [0.1, 0.15) is 0 Å². The van der Waals surface area contributed by atoms with Gasteiger partial charge in [-0.2, -0.15) is 0 Å². The summed E-state index contributed by atoms with van der Waals surface area (Å²) in [7, 11) is 0. The number of carbonyl (C=O) groups is 1. The van der Waals surface area contributed by atoms with E-state index in [1.54, 1.807) is 40.2 Å². The first kappa shape index (κ1) is 17.8. The van der Waals surface area contributed by atoms with Crippen LogP contribution < -0.4 is 5.73 Å². The molecule has 3 rings (SSSR count). The van der Waals surface area contributed by atoms with Crippen molar-refractivity contribution in [2.45, 2.75) is 20.0 Å². The van der Waals surface area contributed by atoms with E-state index in [1.807, 2.05) is 37.3 Å². The number of amides is 1. The average Bonchev–Trinajstić information content (AvgIpc) is 3.06. The SMILES string of the molecule is Cc1ncsc1CN(Cc1ccccc1)C(=O)/C=C/c1cnc(N)nc1. The predicted molar refractivity (Wildman–Crippen MR) is 103 cm³/mol. The van der Waals surface area contributed by atoms with Crippen molar-refractivity contribution in [1.29, 1.82) is 0 Å². The molecule has 0 saturated heterocycles. The van der Waals surface area contributed by atoms with Crippen LogP contribution in [0.5, 0.6) is 0 Å². The Bertz CT molecular complexity index is 890. The molecular weight excluding hydrogens is 346 g/mol. The summed E-state index contributed by atoms with van der Waals surface area (Å²) in [5, 5.41) is 0. The summed E-state index contributed by atoms with van der Waals surface area (Å²) in [6.45, 7) is 3.00. The molecule has 0 saturated carbocycles. The third-order valence-electron chi connectivity index (χ3n) is 3.82. The molecule has 132 valence electrons. The van der Waals surface area contributed by atoms with Crippen molar-refractivity contribution in [3.05, 3.63) is 76.0 Å². The third kappa shape index (κ3) is 4.73. The molecule has 2 aromatic heterocycles. The van der Waals surface area contributed by atoms with Gasteiger partial charge in [0, 0.05) is 35.5 Å². The molecule has 0 aliphatic carbocycles. The Balaban J connectivity index is 1.78. The second kappa shape index (κ2) is 8.35. The minimum atomic E-state index is -0.0847. The Labute approximate surface area is 156 Å². The zero-order chi connectivity index (χ0) is 18.4. The van der Waals surface area contributed by atoms with Crippen molar-refractivity contribution in [3.63, 3.8) is 0 Å². The van der Waals surface area contributed by atoms with Crippen molar-refractivity contribution < 1.29 is 4.79 Å². The lowest BCUT2D eigenvalue weighted by atomic mass is 10.2. The summed E-state index contributed by atoms with van der Waals surface area (Å²) >= 11 is 1.56. The van der Waals surface area contributed by atoms with Gasteiger partial charge in [-0.1, -0.05) is 30.3 Å². The maximum absolute atomic E-state index is 12.8. The van der Waals surface area contributed by atoms with Gasteiger partial charge >= 0.3 is 0 Å². The fraction of sp³-hybridized carbons (Fsp3) is 0.158. The molecule has 1 amide bonds. The summed E-state index contributed by atoms with van der Waals surface area (Å²) in [6, 6.07) is 9.92. The standard InChI is InChI=1S/C19H19N5OS/c1-14-17(26-13-23-14)12-24(11-15-5-3-2-4-6-15)18(25)8-7-16-9-21-19(20)22-10-16/h2-10,13H,11-12H2,1H3,(H2,20,21,22)/b8-7+. The number of aryl methyl sites for hydroxylation is 1. The maximum Gasteiger partial charge on any atom is 0.247 e. The lowest BCUT2D eigenvalue weighted by Crippen LogP contribution is -2.28. The van der Waals surface area contributed by atoms with Crippen molar-refractivity contribution in [1.82, 2.24) is 19.9 Å². The Kier molecular flexibility index (Phi) is 5.70. The molecule has 0 unspecified atom stereocenters. The van der Waals surface area contributed by atoms with Crippen molar-refractivity contribution in [2.24, 2.45) is 0 Å². The van der Waals surface area contributed by atoms with Gasteiger partial charge in [-0.15, -0.1) is 11.3 Å². The average molecular weight is 365 g/mol. The van der Waals surface area contributed by atoms with Crippen LogP contribution >= 0.6 is 11.3 Å². The smallest absolute Gasteiger partial charge is 0.247 e. The first-order chi connectivity index (χ1) is 12.6. The number of nitrogen functional groups attached to an aromatic ring is 1. The Hall–Kier alpha value is -3.06. The molecule has 0 spiro atoms. The molecule has 26 heavy (non-hydrogen) atoms. The van der Waals surface area contributed by atoms with Crippen LogP contribution in [-0.2, 0) is 17.9 Å². The molecule has 1 aromatic carbocycles. The fourth-order valence-corrected chi connectivity index (χ4v) is 3.17. The molecular formula is C19H19N5OS. The summed E-state index contributed by atoms with van der Waals surface area (Å²) in [4.78, 5) is 27.8. The van der Waals surface area contributed by atoms with E-state index in [1.165, 1.54) is 6.08 Å². The fourth-order valence-electron chi connectivity index (χ4n) is 2.37. The van der Waals surface area contributed by atoms with Gasteiger partial charge in [0.05, 0.1) is 17.7 Å². The molecule has 6 nitrogen and oxygen atoms in total. The normalized spacial score (nSPS) is 11.0. The summed E-state index contributed by atoms with van der Waals surface area (Å²) in [6.07, 6.45) is 6.40. The molecule has 0 bridgehead atoms. The molecule has 2 heterocycles. The van der Waals surface area contributed by atoms with Crippen LogP contribution in [0, 0.1) is 6.92 Å². The molecule has 0 aliphatic heterocycles. The van der Waals surface area contributed by atoms with Crippen LogP contribution in [-0.4, -0.2) is 25.8 Å². The second-order valence-corrected chi connectivity index (χ2v) is 6.69. The van der Waals surface area contributed by atoms with E-state index in [2.05, 4.69) is 15.0 Å². The molecule has 2 N–H and O–H groups in total. The first-order valence-electron chi connectivity index (χ1n) is 8.09. The Morgan fingerprint density at radius 2 is 1.88 bits per heavy atom. The zero-order valence-corrected chi connectivity index (χ0v) is 15.2. The topological polar surface area (TPSA) is 85.0 Å². The summed E-state index contributed by atoms with van der Waals surface area (Å²) in [5.74, 6) is 0.123. The number of thiazole rings is 1. The maximum atomic E-state index is 12.8. The summed E-state index contributed by atoms with van der Waals surface area (Å²) < 4.78 is 0. The monoisotopic (exact) mass is 365 g/mol. The van der Waals surface area contributed by atoms with Gasteiger partial charge in [-0.05, 0) is 18.6 Å². The minimum Gasteiger partial charge on any atom is -0.368 e. The summed E-state index contributed by atoms with van der Waals surface area (Å²) in [5.41, 5.74) is 10.0. The number of anilines is 1. The molecule has 0 radical (unpaired) electrons. The molecule has 3 aromatic rings. The van der Waals surface area contributed by atoms with E-state index >= 15 is 0 Å². The number of rotatable bonds is 6. The third-order valence-corrected chi connectivity index (χ3v) is 4.74. The minimum absolute atomic E-state index is 0.0847. The van der Waals surface area contributed by atoms with E-state index in [0.29, 0.717) is 13.1 Å². The van der Waals surface area contributed by atoms with Crippen LogP contribution in [0.1, 0.15) is 21.7 Å². The number of hydrogen-bond acceptors (Lipinski definition) is 6. The van der Waals surface area contributed by atoms with Crippen molar-refractivity contribution >= 4 is 29.3 Å². The Morgan fingerprint density at radius 3 is 2.54 bits per heavy atom. The van der Waals surface area contributed by atoms with Crippen LogP contribution in [0.15, 0.2) is 54.3 Å². The highest BCUT2D eigenvalue weighted by Gasteiger charge is 2.14. The van der Waals surface area contributed by atoms with Crippen LogP contribution in [0.25, 0.3) is 6.08 Å². The van der Waals surface area contributed by atoms with E-state index in [9.17, 15) is 4.79 Å². The van der Waals surface area contributed by atoms with Crippen LogP contribution in [0.4, 0.5) is 5.95 Å².